The Morgan fingerprint density at radius 3 is 1.32 bits per heavy atom. The lowest BCUT2D eigenvalue weighted by atomic mass is 10.0. The molecule has 2 unspecified atom stereocenters. The fourth-order valence-corrected chi connectivity index (χ4v) is 7.84. The molecular formula is C54H101NO5. The van der Waals surface area contributed by atoms with Gasteiger partial charge in [-0.3, -0.25) is 9.59 Å². The first-order valence-corrected chi connectivity index (χ1v) is 26.2. The van der Waals surface area contributed by atoms with Crippen molar-refractivity contribution in [1.82, 2.24) is 5.32 Å². The summed E-state index contributed by atoms with van der Waals surface area (Å²) in [6.07, 6.45) is 59.7. The van der Waals surface area contributed by atoms with Crippen LogP contribution in [0.4, 0.5) is 0 Å². The number of allylic oxidation sites excluding steroid dienone is 6. The Morgan fingerprint density at radius 1 is 0.467 bits per heavy atom. The summed E-state index contributed by atoms with van der Waals surface area (Å²) in [5, 5.41) is 23.2. The summed E-state index contributed by atoms with van der Waals surface area (Å²) in [6, 6.07) is -0.564. The van der Waals surface area contributed by atoms with Crippen LogP contribution in [0.1, 0.15) is 271 Å². The normalized spacial score (nSPS) is 12.9. The van der Waals surface area contributed by atoms with E-state index in [-0.39, 0.29) is 18.5 Å². The summed E-state index contributed by atoms with van der Waals surface area (Å²) in [5.74, 6) is -0.110. The molecule has 0 bridgehead atoms. The second kappa shape index (κ2) is 49.7. The van der Waals surface area contributed by atoms with Gasteiger partial charge >= 0.3 is 5.97 Å². The molecule has 0 fully saturated rings. The van der Waals surface area contributed by atoms with Crippen molar-refractivity contribution >= 4 is 11.9 Å². The molecule has 2 atom stereocenters. The molecule has 352 valence electrons. The van der Waals surface area contributed by atoms with Crippen LogP contribution in [0.3, 0.4) is 0 Å². The van der Waals surface area contributed by atoms with Gasteiger partial charge in [0.2, 0.25) is 5.91 Å². The van der Waals surface area contributed by atoms with Gasteiger partial charge in [0.25, 0.3) is 0 Å². The predicted octanol–water partition coefficient (Wildman–Crippen LogP) is 15.7. The summed E-state index contributed by atoms with van der Waals surface area (Å²) in [5.41, 5.74) is 0. The van der Waals surface area contributed by atoms with Gasteiger partial charge in [-0.15, -0.1) is 0 Å². The number of carbonyl (C=O) groups is 2. The molecule has 6 nitrogen and oxygen atoms in total. The first-order chi connectivity index (χ1) is 29.5. The molecule has 0 rings (SSSR count). The van der Waals surface area contributed by atoms with Crippen LogP contribution in [0.15, 0.2) is 36.5 Å². The van der Waals surface area contributed by atoms with Gasteiger partial charge in [0.1, 0.15) is 0 Å². The van der Waals surface area contributed by atoms with E-state index in [4.69, 9.17) is 4.74 Å². The quantitative estimate of drug-likeness (QED) is 0.0322. The standard InChI is InChI=1S/C54H101NO5/c1-3-5-7-9-11-13-15-17-19-20-22-23-26-30-34-38-42-46-52(57)51(50-56)55-53(58)47-43-39-35-31-27-25-29-33-37-41-45-49-60-54(59)48-44-40-36-32-28-24-21-18-16-14-12-10-8-6-4-2/h12,14,18,21,29,33,51-52,56-57H,3-11,13,15-17,19-20,22-28,30-32,34-50H2,1-2H3,(H,55,58)/b14-12-,21-18-,33-29-. The Hall–Kier alpha value is -1.92. The maximum atomic E-state index is 12.5. The Kier molecular flexibility index (Phi) is 48.1. The van der Waals surface area contributed by atoms with Gasteiger partial charge < -0.3 is 20.3 Å². The summed E-state index contributed by atoms with van der Waals surface area (Å²) < 4.78 is 5.43. The fourth-order valence-electron chi connectivity index (χ4n) is 7.84. The number of esters is 1. The number of aliphatic hydroxyl groups excluding tert-OH is 2. The van der Waals surface area contributed by atoms with Crippen LogP contribution in [0.25, 0.3) is 0 Å². The van der Waals surface area contributed by atoms with Crippen LogP contribution in [-0.2, 0) is 14.3 Å². The highest BCUT2D eigenvalue weighted by Gasteiger charge is 2.20. The molecule has 0 saturated heterocycles. The van der Waals surface area contributed by atoms with Crippen molar-refractivity contribution in [3.63, 3.8) is 0 Å². The molecule has 60 heavy (non-hydrogen) atoms. The molecule has 0 aromatic carbocycles. The molecule has 0 aliphatic heterocycles. The van der Waals surface area contributed by atoms with Crippen molar-refractivity contribution in [2.45, 2.75) is 283 Å². The van der Waals surface area contributed by atoms with Crippen molar-refractivity contribution in [1.29, 1.82) is 0 Å². The zero-order valence-electron chi connectivity index (χ0n) is 39.9. The number of hydrogen-bond donors (Lipinski definition) is 3. The molecule has 0 spiro atoms. The number of nitrogens with one attached hydrogen (secondary N) is 1. The second-order valence-electron chi connectivity index (χ2n) is 17.8. The largest absolute Gasteiger partial charge is 0.466 e. The van der Waals surface area contributed by atoms with Gasteiger partial charge in [-0.2, -0.15) is 0 Å². The monoisotopic (exact) mass is 844 g/mol. The summed E-state index contributed by atoms with van der Waals surface area (Å²) >= 11 is 0. The van der Waals surface area contributed by atoms with Crippen molar-refractivity contribution in [2.75, 3.05) is 13.2 Å². The van der Waals surface area contributed by atoms with Gasteiger partial charge in [0, 0.05) is 12.8 Å². The van der Waals surface area contributed by atoms with Crippen LogP contribution in [0.5, 0.6) is 0 Å². The van der Waals surface area contributed by atoms with E-state index in [1.807, 2.05) is 0 Å². The maximum Gasteiger partial charge on any atom is 0.305 e. The average Bonchev–Trinajstić information content (AvgIpc) is 3.25. The van der Waals surface area contributed by atoms with E-state index in [1.54, 1.807) is 0 Å². The van der Waals surface area contributed by atoms with Crippen molar-refractivity contribution in [3.05, 3.63) is 36.5 Å². The third kappa shape index (κ3) is 45.6. The van der Waals surface area contributed by atoms with Crippen LogP contribution >= 0.6 is 0 Å². The van der Waals surface area contributed by atoms with E-state index < -0.39 is 12.1 Å². The third-order valence-electron chi connectivity index (χ3n) is 11.9. The molecule has 0 aliphatic rings. The van der Waals surface area contributed by atoms with Crippen molar-refractivity contribution in [3.8, 4) is 0 Å². The molecule has 3 N–H and O–H groups in total. The van der Waals surface area contributed by atoms with E-state index in [1.165, 1.54) is 141 Å². The smallest absolute Gasteiger partial charge is 0.305 e. The number of aliphatic hydroxyl groups is 2. The zero-order chi connectivity index (χ0) is 43.7. The van der Waals surface area contributed by atoms with Crippen LogP contribution in [-0.4, -0.2) is 47.4 Å². The Balaban J connectivity index is 3.53. The molecule has 1 amide bonds. The summed E-state index contributed by atoms with van der Waals surface area (Å²) in [6.45, 7) is 4.84. The predicted molar refractivity (Wildman–Crippen MR) is 259 cm³/mol. The highest BCUT2D eigenvalue weighted by molar-refractivity contribution is 5.76. The Morgan fingerprint density at radius 2 is 0.833 bits per heavy atom. The van der Waals surface area contributed by atoms with Gasteiger partial charge in [-0.05, 0) is 83.5 Å². The van der Waals surface area contributed by atoms with Crippen molar-refractivity contribution < 1.29 is 24.5 Å². The third-order valence-corrected chi connectivity index (χ3v) is 11.9. The first kappa shape index (κ1) is 58.1. The van der Waals surface area contributed by atoms with E-state index >= 15 is 0 Å². The highest BCUT2D eigenvalue weighted by atomic mass is 16.5. The zero-order valence-corrected chi connectivity index (χ0v) is 39.9. The first-order valence-electron chi connectivity index (χ1n) is 26.2. The SMILES string of the molecule is CCCCC/C=C\C/C=C\CCCCCCCC(=O)OCCCC/C=C\CCCCCCCC(=O)NC(CO)C(O)CCCCCCCCCCCCCCCCCCC. The molecule has 0 aliphatic carbocycles. The van der Waals surface area contributed by atoms with Gasteiger partial charge in [-0.25, -0.2) is 0 Å². The molecule has 0 aromatic heterocycles. The van der Waals surface area contributed by atoms with E-state index in [0.29, 0.717) is 25.9 Å². The number of unbranched alkanes of at least 4 members (excludes halogenated alkanes) is 31. The Bertz CT molecular complexity index is 977. The second-order valence-corrected chi connectivity index (χ2v) is 17.8. The number of amides is 1. The summed E-state index contributed by atoms with van der Waals surface area (Å²) in [4.78, 5) is 24.5. The highest BCUT2D eigenvalue weighted by Crippen LogP contribution is 2.16. The molecule has 6 heteroatoms. The fraction of sp³-hybridized carbons (Fsp3) is 0.852. The average molecular weight is 844 g/mol. The van der Waals surface area contributed by atoms with Crippen LogP contribution < -0.4 is 5.32 Å². The topological polar surface area (TPSA) is 95.9 Å². The number of hydrogen-bond acceptors (Lipinski definition) is 5. The number of carbonyl (C=O) groups excluding carboxylic acids is 2. The molecule has 0 aromatic rings. The van der Waals surface area contributed by atoms with Gasteiger partial charge in [0.05, 0.1) is 25.4 Å². The summed E-state index contributed by atoms with van der Waals surface area (Å²) in [7, 11) is 0. The minimum Gasteiger partial charge on any atom is -0.466 e. The lowest BCUT2D eigenvalue weighted by Crippen LogP contribution is -2.45. The van der Waals surface area contributed by atoms with Gasteiger partial charge in [-0.1, -0.05) is 211 Å². The maximum absolute atomic E-state index is 12.5. The lowest BCUT2D eigenvalue weighted by Gasteiger charge is -2.22. The van der Waals surface area contributed by atoms with E-state index in [0.717, 1.165) is 96.3 Å². The molecule has 0 radical (unpaired) electrons. The minimum atomic E-state index is -0.684. The molecule has 0 saturated carbocycles. The molecular weight excluding hydrogens is 743 g/mol. The van der Waals surface area contributed by atoms with Crippen LogP contribution in [0, 0.1) is 0 Å². The lowest BCUT2D eigenvalue weighted by molar-refractivity contribution is -0.143. The van der Waals surface area contributed by atoms with Gasteiger partial charge in [0.15, 0.2) is 0 Å². The van der Waals surface area contributed by atoms with E-state index in [2.05, 4.69) is 55.6 Å². The minimum absolute atomic E-state index is 0.0453. The van der Waals surface area contributed by atoms with Crippen molar-refractivity contribution in [2.24, 2.45) is 0 Å². The number of ether oxygens (including phenoxy) is 1. The molecule has 0 heterocycles. The van der Waals surface area contributed by atoms with E-state index in [9.17, 15) is 19.8 Å². The number of rotatable bonds is 48. The Labute approximate surface area is 373 Å². The van der Waals surface area contributed by atoms with Crippen LogP contribution in [0.2, 0.25) is 0 Å².